The number of thioether (sulfide) groups is 1. The number of rotatable bonds is 6. The van der Waals surface area contributed by atoms with Crippen LogP contribution in [-0.4, -0.2) is 21.9 Å². The molecular formula is C21H18N4OS2. The summed E-state index contributed by atoms with van der Waals surface area (Å²) in [6.45, 7) is 2.05. The smallest absolute Gasteiger partial charge is 0.234 e. The number of nitrogens with one attached hydrogen (secondary N) is 2. The highest BCUT2D eigenvalue weighted by molar-refractivity contribution is 8.01. The Labute approximate surface area is 171 Å². The molecule has 0 atom stereocenters. The number of aromatic nitrogens is 2. The molecule has 0 fully saturated rings. The minimum atomic E-state index is -0.0652. The van der Waals surface area contributed by atoms with Crippen LogP contribution in [0.15, 0.2) is 71.1 Å². The Kier molecular flexibility index (Phi) is 5.55. The first-order valence-electron chi connectivity index (χ1n) is 8.75. The first-order chi connectivity index (χ1) is 13.7. The van der Waals surface area contributed by atoms with Crippen LogP contribution in [0.5, 0.6) is 0 Å². The number of amides is 1. The summed E-state index contributed by atoms with van der Waals surface area (Å²) in [5, 5.41) is 17.3. The zero-order chi connectivity index (χ0) is 19.3. The fraction of sp³-hybridized carbons (Fsp3) is 0.0952. The summed E-state index contributed by atoms with van der Waals surface area (Å²) in [6, 6.07) is 22.0. The van der Waals surface area contributed by atoms with Crippen LogP contribution in [0.1, 0.15) is 5.56 Å². The molecule has 4 aromatic rings. The van der Waals surface area contributed by atoms with E-state index in [1.165, 1.54) is 28.7 Å². The molecule has 0 bridgehead atoms. The number of benzene rings is 3. The van der Waals surface area contributed by atoms with E-state index in [0.29, 0.717) is 5.13 Å². The molecule has 1 aromatic heterocycles. The van der Waals surface area contributed by atoms with E-state index >= 15 is 0 Å². The lowest BCUT2D eigenvalue weighted by Crippen LogP contribution is -2.14. The Hall–Kier alpha value is -2.90. The highest BCUT2D eigenvalue weighted by Gasteiger charge is 2.10. The largest absolute Gasteiger partial charge is 0.330 e. The highest BCUT2D eigenvalue weighted by Crippen LogP contribution is 2.28. The summed E-state index contributed by atoms with van der Waals surface area (Å²) in [4.78, 5) is 12.4. The van der Waals surface area contributed by atoms with E-state index in [1.807, 2.05) is 73.7 Å². The normalized spacial score (nSPS) is 10.8. The zero-order valence-electron chi connectivity index (χ0n) is 15.2. The summed E-state index contributed by atoms with van der Waals surface area (Å²) in [7, 11) is 0. The third-order valence-corrected chi connectivity index (χ3v) is 6.07. The van der Waals surface area contributed by atoms with Crippen molar-refractivity contribution < 1.29 is 4.79 Å². The van der Waals surface area contributed by atoms with Crippen LogP contribution >= 0.6 is 23.1 Å². The first kappa shape index (κ1) is 18.5. The molecule has 0 aliphatic heterocycles. The van der Waals surface area contributed by atoms with Crippen molar-refractivity contribution in [3.05, 3.63) is 72.3 Å². The van der Waals surface area contributed by atoms with Crippen LogP contribution in [0.2, 0.25) is 0 Å². The van der Waals surface area contributed by atoms with Gasteiger partial charge < -0.3 is 10.6 Å². The topological polar surface area (TPSA) is 66.9 Å². The molecular weight excluding hydrogens is 388 g/mol. The molecule has 4 rings (SSSR count). The quantitative estimate of drug-likeness (QED) is 0.415. The molecule has 0 spiro atoms. The third kappa shape index (κ3) is 4.49. The predicted octanol–water partition coefficient (Wildman–Crippen LogP) is 5.47. The van der Waals surface area contributed by atoms with Crippen molar-refractivity contribution in [2.24, 2.45) is 0 Å². The van der Waals surface area contributed by atoms with Gasteiger partial charge in [0, 0.05) is 16.8 Å². The second-order valence-electron chi connectivity index (χ2n) is 6.23. The van der Waals surface area contributed by atoms with Gasteiger partial charge in [-0.3, -0.25) is 4.79 Å². The summed E-state index contributed by atoms with van der Waals surface area (Å²) >= 11 is 2.81. The number of nitrogens with zero attached hydrogens (tertiary/aromatic N) is 2. The number of carbonyl (C=O) groups is 1. The monoisotopic (exact) mass is 406 g/mol. The summed E-state index contributed by atoms with van der Waals surface area (Å²) in [5.74, 6) is 0.215. The Morgan fingerprint density at radius 1 is 1.00 bits per heavy atom. The second-order valence-corrected chi connectivity index (χ2v) is 8.43. The van der Waals surface area contributed by atoms with Crippen LogP contribution in [0.3, 0.4) is 0 Å². The van der Waals surface area contributed by atoms with Crippen molar-refractivity contribution in [2.75, 3.05) is 16.4 Å². The lowest BCUT2D eigenvalue weighted by atomic mass is 10.1. The minimum Gasteiger partial charge on any atom is -0.330 e. The van der Waals surface area contributed by atoms with Crippen LogP contribution in [-0.2, 0) is 4.79 Å². The number of hydrogen-bond acceptors (Lipinski definition) is 6. The van der Waals surface area contributed by atoms with Gasteiger partial charge in [-0.25, -0.2) is 0 Å². The maximum absolute atomic E-state index is 12.4. The van der Waals surface area contributed by atoms with E-state index in [0.717, 1.165) is 26.5 Å². The minimum absolute atomic E-state index is 0.0652. The first-order valence-corrected chi connectivity index (χ1v) is 10.6. The van der Waals surface area contributed by atoms with Crippen molar-refractivity contribution in [1.29, 1.82) is 0 Å². The second kappa shape index (κ2) is 8.41. The fourth-order valence-corrected chi connectivity index (χ4v) is 4.30. The number of anilines is 3. The maximum Gasteiger partial charge on any atom is 0.234 e. The number of fused-ring (bicyclic) bond motifs is 1. The lowest BCUT2D eigenvalue weighted by molar-refractivity contribution is -0.113. The van der Waals surface area contributed by atoms with Gasteiger partial charge in [-0.15, -0.1) is 10.2 Å². The molecule has 0 radical (unpaired) electrons. The van der Waals surface area contributed by atoms with E-state index in [9.17, 15) is 4.79 Å². The van der Waals surface area contributed by atoms with Gasteiger partial charge in [0.1, 0.15) is 0 Å². The van der Waals surface area contributed by atoms with Crippen LogP contribution in [0, 0.1) is 6.92 Å². The van der Waals surface area contributed by atoms with Crippen molar-refractivity contribution in [1.82, 2.24) is 10.2 Å². The average molecular weight is 407 g/mol. The Morgan fingerprint density at radius 3 is 2.64 bits per heavy atom. The van der Waals surface area contributed by atoms with E-state index in [1.54, 1.807) is 0 Å². The predicted molar refractivity (Wildman–Crippen MR) is 118 cm³/mol. The van der Waals surface area contributed by atoms with Gasteiger partial charge in [-0.1, -0.05) is 77.2 Å². The molecule has 5 nitrogen and oxygen atoms in total. The van der Waals surface area contributed by atoms with Crippen LogP contribution < -0.4 is 10.6 Å². The average Bonchev–Trinajstić information content (AvgIpc) is 3.16. The zero-order valence-corrected chi connectivity index (χ0v) is 16.8. The van der Waals surface area contributed by atoms with Crippen molar-refractivity contribution in [3.8, 4) is 0 Å². The molecule has 2 N–H and O–H groups in total. The van der Waals surface area contributed by atoms with Crippen molar-refractivity contribution in [2.45, 2.75) is 11.3 Å². The van der Waals surface area contributed by atoms with Gasteiger partial charge in [0.05, 0.1) is 5.75 Å². The van der Waals surface area contributed by atoms with Crippen molar-refractivity contribution in [3.63, 3.8) is 0 Å². The lowest BCUT2D eigenvalue weighted by Gasteiger charge is -2.08. The molecule has 0 aliphatic carbocycles. The Balaban J connectivity index is 1.35. The maximum atomic E-state index is 12.4. The molecule has 1 amide bonds. The molecule has 140 valence electrons. The summed E-state index contributed by atoms with van der Waals surface area (Å²) in [5.41, 5.74) is 2.99. The van der Waals surface area contributed by atoms with E-state index < -0.39 is 0 Å². The molecule has 1 heterocycles. The van der Waals surface area contributed by atoms with Gasteiger partial charge in [-0.05, 0) is 30.5 Å². The SMILES string of the molecule is Cc1ccc(Nc2nnc(SCC(=O)Nc3cccc4ccccc34)s2)cc1. The van der Waals surface area contributed by atoms with Crippen molar-refractivity contribution >= 4 is 56.3 Å². The van der Waals surface area contributed by atoms with Crippen LogP contribution in [0.25, 0.3) is 10.8 Å². The Morgan fingerprint density at radius 2 is 1.79 bits per heavy atom. The van der Waals surface area contributed by atoms with Gasteiger partial charge in [-0.2, -0.15) is 0 Å². The van der Waals surface area contributed by atoms with E-state index in [-0.39, 0.29) is 11.7 Å². The molecule has 3 aromatic carbocycles. The van der Waals surface area contributed by atoms with Crippen LogP contribution in [0.4, 0.5) is 16.5 Å². The van der Waals surface area contributed by atoms with Gasteiger partial charge >= 0.3 is 0 Å². The molecule has 7 heteroatoms. The molecule has 0 saturated carbocycles. The van der Waals surface area contributed by atoms with Gasteiger partial charge in [0.25, 0.3) is 0 Å². The standard InChI is InChI=1S/C21H18N4OS2/c1-14-9-11-16(12-10-14)22-20-24-25-21(28-20)27-13-19(26)23-18-8-4-6-15-5-2-3-7-17(15)18/h2-12H,13H2,1H3,(H,22,24)(H,23,26). The Bertz CT molecular complexity index is 1100. The molecule has 0 saturated heterocycles. The number of carbonyl (C=O) groups excluding carboxylic acids is 1. The van der Waals surface area contributed by atoms with E-state index in [4.69, 9.17) is 0 Å². The third-order valence-electron chi connectivity index (χ3n) is 4.10. The fourth-order valence-electron chi connectivity index (χ4n) is 2.73. The molecule has 0 unspecified atom stereocenters. The summed E-state index contributed by atoms with van der Waals surface area (Å²) in [6.07, 6.45) is 0. The van der Waals surface area contributed by atoms with Gasteiger partial charge in [0.15, 0.2) is 4.34 Å². The molecule has 0 aliphatic rings. The summed E-state index contributed by atoms with van der Waals surface area (Å²) < 4.78 is 0.752. The number of hydrogen-bond donors (Lipinski definition) is 2. The van der Waals surface area contributed by atoms with E-state index in [2.05, 4.69) is 20.8 Å². The number of aryl methyl sites for hydroxylation is 1. The highest BCUT2D eigenvalue weighted by atomic mass is 32.2. The molecule has 28 heavy (non-hydrogen) atoms. The van der Waals surface area contributed by atoms with Gasteiger partial charge in [0.2, 0.25) is 11.0 Å².